The molecule has 1 aromatic rings. The van der Waals surface area contributed by atoms with Crippen LogP contribution in [0.2, 0.25) is 0 Å². The van der Waals surface area contributed by atoms with E-state index in [0.717, 1.165) is 12.8 Å². The third-order valence-corrected chi connectivity index (χ3v) is 2.12. The summed E-state index contributed by atoms with van der Waals surface area (Å²) in [5, 5.41) is 2.84. The van der Waals surface area contributed by atoms with Crippen molar-refractivity contribution in [2.24, 2.45) is 0 Å². The van der Waals surface area contributed by atoms with E-state index in [1.807, 2.05) is 0 Å². The molecular formula is C9H11N3O2. The SMILES string of the molecule is O=Cc1cncn1CC(=O)NC1CC1. The van der Waals surface area contributed by atoms with Gasteiger partial charge in [0.25, 0.3) is 0 Å². The molecule has 5 nitrogen and oxygen atoms in total. The molecule has 0 saturated heterocycles. The molecule has 0 spiro atoms. The standard InChI is InChI=1S/C9H11N3O2/c13-5-8-3-10-6-12(8)4-9(14)11-7-1-2-7/h3,5-7H,1-2,4H2,(H,11,14). The van der Waals surface area contributed by atoms with Gasteiger partial charge in [0, 0.05) is 6.04 Å². The van der Waals surface area contributed by atoms with Crippen LogP contribution in [0.25, 0.3) is 0 Å². The summed E-state index contributed by atoms with van der Waals surface area (Å²) in [6.45, 7) is 0.171. The summed E-state index contributed by atoms with van der Waals surface area (Å²) in [4.78, 5) is 25.7. The molecule has 0 aromatic carbocycles. The van der Waals surface area contributed by atoms with Crippen molar-refractivity contribution in [2.45, 2.75) is 25.4 Å². The van der Waals surface area contributed by atoms with Gasteiger partial charge >= 0.3 is 0 Å². The number of imidazole rings is 1. The molecule has 5 heteroatoms. The van der Waals surface area contributed by atoms with Crippen LogP contribution in [-0.2, 0) is 11.3 Å². The van der Waals surface area contributed by atoms with E-state index < -0.39 is 0 Å². The third-order valence-electron chi connectivity index (χ3n) is 2.12. The predicted octanol–water partition coefficient (Wildman–Crippen LogP) is -0.0258. The fourth-order valence-corrected chi connectivity index (χ4v) is 1.22. The molecule has 1 aliphatic rings. The molecule has 2 rings (SSSR count). The molecule has 1 aromatic heterocycles. The van der Waals surface area contributed by atoms with Crippen LogP contribution in [0.4, 0.5) is 0 Å². The van der Waals surface area contributed by atoms with Gasteiger partial charge in [-0.25, -0.2) is 4.98 Å². The van der Waals surface area contributed by atoms with Crippen LogP contribution in [0.1, 0.15) is 23.3 Å². The highest BCUT2D eigenvalue weighted by molar-refractivity contribution is 5.78. The number of carbonyl (C=O) groups excluding carboxylic acids is 2. The molecule has 1 heterocycles. The molecule has 1 aliphatic carbocycles. The molecule has 0 bridgehead atoms. The summed E-state index contributed by atoms with van der Waals surface area (Å²) in [6, 6.07) is 0.353. The Labute approximate surface area is 81.1 Å². The maximum absolute atomic E-state index is 11.4. The van der Waals surface area contributed by atoms with Crippen LogP contribution in [0.3, 0.4) is 0 Å². The molecule has 1 amide bonds. The first kappa shape index (κ1) is 8.93. The minimum absolute atomic E-state index is 0.0615. The van der Waals surface area contributed by atoms with E-state index in [4.69, 9.17) is 0 Å². The maximum atomic E-state index is 11.4. The second kappa shape index (κ2) is 3.61. The highest BCUT2D eigenvalue weighted by Gasteiger charge is 2.23. The number of hydrogen-bond donors (Lipinski definition) is 1. The molecule has 14 heavy (non-hydrogen) atoms. The predicted molar refractivity (Wildman–Crippen MR) is 48.8 cm³/mol. The maximum Gasteiger partial charge on any atom is 0.240 e. The van der Waals surface area contributed by atoms with Crippen molar-refractivity contribution in [3.8, 4) is 0 Å². The Kier molecular flexibility index (Phi) is 2.30. The Morgan fingerprint density at radius 3 is 3.14 bits per heavy atom. The van der Waals surface area contributed by atoms with Gasteiger partial charge in [-0.3, -0.25) is 9.59 Å². The quantitative estimate of drug-likeness (QED) is 0.683. The van der Waals surface area contributed by atoms with Crippen molar-refractivity contribution in [2.75, 3.05) is 0 Å². The topological polar surface area (TPSA) is 64.0 Å². The second-order valence-corrected chi connectivity index (χ2v) is 3.41. The van der Waals surface area contributed by atoms with Crippen molar-refractivity contribution < 1.29 is 9.59 Å². The van der Waals surface area contributed by atoms with Gasteiger partial charge in [0.15, 0.2) is 6.29 Å². The van der Waals surface area contributed by atoms with Gasteiger partial charge in [-0.05, 0) is 12.8 Å². The average Bonchev–Trinajstić information content (AvgIpc) is 2.84. The van der Waals surface area contributed by atoms with Gasteiger partial charge in [0.1, 0.15) is 12.2 Å². The van der Waals surface area contributed by atoms with Gasteiger partial charge < -0.3 is 9.88 Å². The largest absolute Gasteiger partial charge is 0.352 e. The van der Waals surface area contributed by atoms with Crippen LogP contribution in [0, 0.1) is 0 Å². The molecule has 1 N–H and O–H groups in total. The van der Waals surface area contributed by atoms with Crippen molar-refractivity contribution in [3.05, 3.63) is 18.2 Å². The zero-order valence-electron chi connectivity index (χ0n) is 7.64. The number of carbonyl (C=O) groups is 2. The minimum atomic E-state index is -0.0615. The normalized spacial score (nSPS) is 15.1. The Hall–Kier alpha value is -1.65. The highest BCUT2D eigenvalue weighted by atomic mass is 16.2. The molecule has 0 unspecified atom stereocenters. The van der Waals surface area contributed by atoms with Crippen molar-refractivity contribution in [1.29, 1.82) is 0 Å². The van der Waals surface area contributed by atoms with Crippen LogP contribution >= 0.6 is 0 Å². The monoisotopic (exact) mass is 193 g/mol. The van der Waals surface area contributed by atoms with Crippen LogP contribution in [0.5, 0.6) is 0 Å². The molecule has 0 atom stereocenters. The van der Waals surface area contributed by atoms with E-state index in [2.05, 4.69) is 10.3 Å². The number of aromatic nitrogens is 2. The summed E-state index contributed by atoms with van der Waals surface area (Å²) in [5.41, 5.74) is 0.427. The van der Waals surface area contributed by atoms with Crippen molar-refractivity contribution in [3.63, 3.8) is 0 Å². The second-order valence-electron chi connectivity index (χ2n) is 3.41. The molecular weight excluding hydrogens is 182 g/mol. The van der Waals surface area contributed by atoms with Crippen LogP contribution in [-0.4, -0.2) is 27.8 Å². The number of nitrogens with one attached hydrogen (secondary N) is 1. The Morgan fingerprint density at radius 2 is 2.50 bits per heavy atom. The van der Waals surface area contributed by atoms with Crippen LogP contribution in [0.15, 0.2) is 12.5 Å². The first-order valence-corrected chi connectivity index (χ1v) is 4.54. The first-order chi connectivity index (χ1) is 6.79. The number of hydrogen-bond acceptors (Lipinski definition) is 3. The summed E-state index contributed by atoms with van der Waals surface area (Å²) in [5.74, 6) is -0.0615. The zero-order valence-corrected chi connectivity index (χ0v) is 7.64. The van der Waals surface area contributed by atoms with E-state index in [-0.39, 0.29) is 12.5 Å². The Morgan fingerprint density at radius 1 is 1.71 bits per heavy atom. The lowest BCUT2D eigenvalue weighted by molar-refractivity contribution is -0.121. The third kappa shape index (κ3) is 1.99. The minimum Gasteiger partial charge on any atom is -0.352 e. The summed E-state index contributed by atoms with van der Waals surface area (Å²) in [7, 11) is 0. The number of aldehydes is 1. The van der Waals surface area contributed by atoms with Crippen molar-refractivity contribution in [1.82, 2.24) is 14.9 Å². The van der Waals surface area contributed by atoms with Gasteiger partial charge in [-0.2, -0.15) is 0 Å². The van der Waals surface area contributed by atoms with E-state index in [0.29, 0.717) is 18.0 Å². The Bertz CT molecular complexity index is 355. The number of nitrogens with zero attached hydrogens (tertiary/aromatic N) is 2. The van der Waals surface area contributed by atoms with Crippen molar-refractivity contribution >= 4 is 12.2 Å². The smallest absolute Gasteiger partial charge is 0.240 e. The molecule has 0 radical (unpaired) electrons. The molecule has 1 saturated carbocycles. The highest BCUT2D eigenvalue weighted by Crippen LogP contribution is 2.18. The first-order valence-electron chi connectivity index (χ1n) is 4.54. The fraction of sp³-hybridized carbons (Fsp3) is 0.444. The number of amides is 1. The summed E-state index contributed by atoms with van der Waals surface area (Å²) in [6.07, 6.45) is 5.75. The van der Waals surface area contributed by atoms with Gasteiger partial charge in [0.05, 0.1) is 12.5 Å². The van der Waals surface area contributed by atoms with Gasteiger partial charge in [-0.15, -0.1) is 0 Å². The van der Waals surface area contributed by atoms with E-state index in [1.54, 1.807) is 0 Å². The molecule has 74 valence electrons. The lowest BCUT2D eigenvalue weighted by Gasteiger charge is -2.04. The lowest BCUT2D eigenvalue weighted by Crippen LogP contribution is -2.29. The number of rotatable bonds is 4. The van der Waals surface area contributed by atoms with Crippen LogP contribution < -0.4 is 5.32 Å². The van der Waals surface area contributed by atoms with Gasteiger partial charge in [-0.1, -0.05) is 0 Å². The van der Waals surface area contributed by atoms with E-state index in [1.165, 1.54) is 17.1 Å². The summed E-state index contributed by atoms with van der Waals surface area (Å²) >= 11 is 0. The van der Waals surface area contributed by atoms with E-state index >= 15 is 0 Å². The lowest BCUT2D eigenvalue weighted by atomic mass is 10.4. The zero-order chi connectivity index (χ0) is 9.97. The fourth-order valence-electron chi connectivity index (χ4n) is 1.22. The Balaban J connectivity index is 1.94. The summed E-state index contributed by atoms with van der Waals surface area (Å²) < 4.78 is 1.53. The van der Waals surface area contributed by atoms with E-state index in [9.17, 15) is 9.59 Å². The average molecular weight is 193 g/mol. The molecule has 0 aliphatic heterocycles. The van der Waals surface area contributed by atoms with Gasteiger partial charge in [0.2, 0.25) is 5.91 Å². The molecule has 1 fully saturated rings.